The first-order chi connectivity index (χ1) is 6.97. The van der Waals surface area contributed by atoms with E-state index in [4.69, 9.17) is 4.74 Å². The zero-order chi connectivity index (χ0) is 11.5. The van der Waals surface area contributed by atoms with Crippen LogP contribution >= 0.6 is 0 Å². The molecule has 0 aliphatic carbocycles. The number of carbonyl (C=O) groups is 1. The Balaban J connectivity index is 3.11. The highest BCUT2D eigenvalue weighted by molar-refractivity contribution is 5.70. The molecule has 0 unspecified atom stereocenters. The summed E-state index contributed by atoms with van der Waals surface area (Å²) in [6.45, 7) is 7.85. The minimum absolute atomic E-state index is 0.0338. The second-order valence-corrected chi connectivity index (χ2v) is 4.33. The van der Waals surface area contributed by atoms with Crippen LogP contribution in [-0.2, 0) is 10.2 Å². The van der Waals surface area contributed by atoms with Gasteiger partial charge >= 0.3 is 5.97 Å². The lowest BCUT2D eigenvalue weighted by Crippen LogP contribution is -2.18. The van der Waals surface area contributed by atoms with Crippen molar-refractivity contribution in [2.24, 2.45) is 0 Å². The van der Waals surface area contributed by atoms with Crippen LogP contribution in [0.25, 0.3) is 0 Å². The lowest BCUT2D eigenvalue weighted by Gasteiger charge is -2.25. The fraction of sp³-hybridized carbons (Fsp3) is 0.462. The van der Waals surface area contributed by atoms with Gasteiger partial charge in [-0.05, 0) is 17.9 Å². The molecule has 0 atom stereocenters. The normalized spacial score (nSPS) is 11.2. The molecule has 0 bridgehead atoms. The van der Waals surface area contributed by atoms with E-state index >= 15 is 0 Å². The molecule has 0 spiro atoms. The largest absolute Gasteiger partial charge is 0.426 e. The fourth-order valence-electron chi connectivity index (χ4n) is 1.46. The molecule has 15 heavy (non-hydrogen) atoms. The Kier molecular flexibility index (Phi) is 3.51. The van der Waals surface area contributed by atoms with Crippen molar-refractivity contribution in [2.45, 2.75) is 39.5 Å². The molecular weight excluding hydrogens is 188 g/mol. The first-order valence-corrected chi connectivity index (χ1v) is 5.25. The van der Waals surface area contributed by atoms with E-state index < -0.39 is 0 Å². The summed E-state index contributed by atoms with van der Waals surface area (Å²) in [5.74, 6) is 0.409. The van der Waals surface area contributed by atoms with Gasteiger partial charge in [0, 0.05) is 12.5 Å². The van der Waals surface area contributed by atoms with Crippen molar-refractivity contribution in [1.29, 1.82) is 0 Å². The van der Waals surface area contributed by atoms with Gasteiger partial charge in [0.2, 0.25) is 0 Å². The molecule has 1 aromatic carbocycles. The Bertz CT molecular complexity index is 353. The maximum Gasteiger partial charge on any atom is 0.308 e. The molecular formula is C13H18O2. The molecule has 2 nitrogen and oxygen atoms in total. The van der Waals surface area contributed by atoms with Crippen LogP contribution in [0.15, 0.2) is 24.3 Å². The minimum Gasteiger partial charge on any atom is -0.426 e. The van der Waals surface area contributed by atoms with Crippen molar-refractivity contribution < 1.29 is 9.53 Å². The van der Waals surface area contributed by atoms with E-state index in [1.165, 1.54) is 6.92 Å². The van der Waals surface area contributed by atoms with Crippen molar-refractivity contribution in [3.05, 3.63) is 29.8 Å². The second kappa shape index (κ2) is 4.47. The molecule has 82 valence electrons. The van der Waals surface area contributed by atoms with Crippen molar-refractivity contribution >= 4 is 5.97 Å². The number of carbonyl (C=O) groups excluding carboxylic acids is 1. The summed E-state index contributed by atoms with van der Waals surface area (Å²) in [5.41, 5.74) is 1.12. The molecule has 0 saturated heterocycles. The van der Waals surface area contributed by atoms with Gasteiger partial charge in [-0.15, -0.1) is 0 Å². The Morgan fingerprint density at radius 2 is 1.93 bits per heavy atom. The number of benzene rings is 1. The summed E-state index contributed by atoms with van der Waals surface area (Å²) in [6, 6.07) is 7.71. The van der Waals surface area contributed by atoms with Crippen LogP contribution < -0.4 is 4.74 Å². The van der Waals surface area contributed by atoms with Gasteiger partial charge in [0.05, 0.1) is 0 Å². The van der Waals surface area contributed by atoms with Gasteiger partial charge in [0.1, 0.15) is 5.75 Å². The van der Waals surface area contributed by atoms with E-state index in [1.807, 2.05) is 24.3 Å². The maximum absolute atomic E-state index is 11.0. The minimum atomic E-state index is -0.269. The van der Waals surface area contributed by atoms with Gasteiger partial charge in [0.25, 0.3) is 0 Å². The third-order valence-electron chi connectivity index (χ3n) is 2.75. The second-order valence-electron chi connectivity index (χ2n) is 4.33. The standard InChI is InChI=1S/C13H18O2/c1-5-13(3,4)11-8-6-7-9-12(11)15-10(2)14/h6-9H,5H2,1-4H3. The summed E-state index contributed by atoms with van der Waals surface area (Å²) in [5, 5.41) is 0. The SMILES string of the molecule is CCC(C)(C)c1ccccc1OC(C)=O. The number of hydrogen-bond donors (Lipinski definition) is 0. The quantitative estimate of drug-likeness (QED) is 0.560. The van der Waals surface area contributed by atoms with Crippen molar-refractivity contribution in [3.8, 4) is 5.75 Å². The Hall–Kier alpha value is -1.31. The fourth-order valence-corrected chi connectivity index (χ4v) is 1.46. The van der Waals surface area contributed by atoms with Crippen LogP contribution in [0.1, 0.15) is 39.7 Å². The van der Waals surface area contributed by atoms with Crippen LogP contribution in [-0.4, -0.2) is 5.97 Å². The van der Waals surface area contributed by atoms with Gasteiger partial charge in [0.15, 0.2) is 0 Å². The van der Waals surface area contributed by atoms with Crippen LogP contribution in [0.2, 0.25) is 0 Å². The predicted octanol–water partition coefficient (Wildman–Crippen LogP) is 3.30. The van der Waals surface area contributed by atoms with E-state index in [0.717, 1.165) is 12.0 Å². The number of esters is 1. The molecule has 0 saturated carbocycles. The van der Waals surface area contributed by atoms with Crippen molar-refractivity contribution in [3.63, 3.8) is 0 Å². The van der Waals surface area contributed by atoms with Crippen LogP contribution in [0.4, 0.5) is 0 Å². The molecule has 0 heterocycles. The third-order valence-corrected chi connectivity index (χ3v) is 2.75. The van der Waals surface area contributed by atoms with Gasteiger partial charge < -0.3 is 4.74 Å². The van der Waals surface area contributed by atoms with Crippen molar-refractivity contribution in [1.82, 2.24) is 0 Å². The highest BCUT2D eigenvalue weighted by atomic mass is 16.5. The number of ether oxygens (including phenoxy) is 1. The molecule has 0 aliphatic rings. The monoisotopic (exact) mass is 206 g/mol. The molecule has 1 rings (SSSR count). The lowest BCUT2D eigenvalue weighted by molar-refractivity contribution is -0.131. The van der Waals surface area contributed by atoms with E-state index in [2.05, 4.69) is 20.8 Å². The predicted molar refractivity (Wildman–Crippen MR) is 61.1 cm³/mol. The van der Waals surface area contributed by atoms with Gasteiger partial charge in [-0.1, -0.05) is 39.0 Å². The zero-order valence-corrected chi connectivity index (χ0v) is 9.83. The number of para-hydroxylation sites is 1. The van der Waals surface area contributed by atoms with Crippen LogP contribution in [0, 0.1) is 0 Å². The van der Waals surface area contributed by atoms with E-state index in [1.54, 1.807) is 0 Å². The summed E-state index contributed by atoms with van der Waals surface area (Å²) < 4.78 is 5.19. The van der Waals surface area contributed by atoms with E-state index in [-0.39, 0.29) is 11.4 Å². The summed E-state index contributed by atoms with van der Waals surface area (Å²) >= 11 is 0. The Morgan fingerprint density at radius 3 is 2.47 bits per heavy atom. The van der Waals surface area contributed by atoms with Crippen LogP contribution in [0.5, 0.6) is 5.75 Å². The van der Waals surface area contributed by atoms with Gasteiger partial charge in [-0.3, -0.25) is 4.79 Å². The average Bonchev–Trinajstić information content (AvgIpc) is 2.17. The maximum atomic E-state index is 11.0. The van der Waals surface area contributed by atoms with Crippen LogP contribution in [0.3, 0.4) is 0 Å². The molecule has 0 fully saturated rings. The molecule has 0 aliphatic heterocycles. The van der Waals surface area contributed by atoms with Gasteiger partial charge in [-0.25, -0.2) is 0 Å². The summed E-state index contributed by atoms with van der Waals surface area (Å²) in [7, 11) is 0. The number of hydrogen-bond acceptors (Lipinski definition) is 2. The molecule has 0 aromatic heterocycles. The lowest BCUT2D eigenvalue weighted by atomic mass is 9.82. The Labute approximate surface area is 91.3 Å². The number of rotatable bonds is 3. The van der Waals surface area contributed by atoms with E-state index in [0.29, 0.717) is 5.75 Å². The Morgan fingerprint density at radius 1 is 1.33 bits per heavy atom. The first kappa shape index (κ1) is 11.8. The van der Waals surface area contributed by atoms with Crippen molar-refractivity contribution in [2.75, 3.05) is 0 Å². The molecule has 0 amide bonds. The van der Waals surface area contributed by atoms with E-state index in [9.17, 15) is 4.79 Å². The zero-order valence-electron chi connectivity index (χ0n) is 9.83. The first-order valence-electron chi connectivity index (χ1n) is 5.25. The summed E-state index contributed by atoms with van der Waals surface area (Å²) in [6.07, 6.45) is 1.01. The smallest absolute Gasteiger partial charge is 0.308 e. The molecule has 0 radical (unpaired) electrons. The highest BCUT2D eigenvalue weighted by Crippen LogP contribution is 2.33. The molecule has 0 N–H and O–H groups in total. The third kappa shape index (κ3) is 2.82. The topological polar surface area (TPSA) is 26.3 Å². The highest BCUT2D eigenvalue weighted by Gasteiger charge is 2.22. The molecule has 2 heteroatoms. The average molecular weight is 206 g/mol. The molecule has 1 aromatic rings. The van der Waals surface area contributed by atoms with Gasteiger partial charge in [-0.2, -0.15) is 0 Å². The summed E-state index contributed by atoms with van der Waals surface area (Å²) in [4.78, 5) is 11.0.